The molecule has 1 amide bonds. The first-order chi connectivity index (χ1) is 10.9. The molecule has 2 aliphatic heterocycles. The second-order valence-corrected chi connectivity index (χ2v) is 7.70. The fraction of sp³-hybridized carbons (Fsp3) is 0.533. The van der Waals surface area contributed by atoms with Crippen molar-refractivity contribution >= 4 is 15.9 Å². The van der Waals surface area contributed by atoms with Crippen LogP contribution in [0.2, 0.25) is 0 Å². The van der Waals surface area contributed by atoms with Crippen LogP contribution in [0, 0.1) is 0 Å². The molecule has 1 aromatic rings. The summed E-state index contributed by atoms with van der Waals surface area (Å²) in [4.78, 5) is 12.2. The lowest BCUT2D eigenvalue weighted by atomic mass is 10.1. The molecule has 0 bridgehead atoms. The molecule has 8 heteroatoms. The largest absolute Gasteiger partial charge is 0.454 e. The van der Waals surface area contributed by atoms with E-state index in [-0.39, 0.29) is 12.7 Å². The van der Waals surface area contributed by atoms with Crippen LogP contribution in [0.1, 0.15) is 18.4 Å². The van der Waals surface area contributed by atoms with Crippen molar-refractivity contribution in [3.63, 3.8) is 0 Å². The molecule has 1 saturated heterocycles. The lowest BCUT2D eigenvalue weighted by Crippen LogP contribution is -2.45. The van der Waals surface area contributed by atoms with Crippen molar-refractivity contribution in [2.24, 2.45) is 0 Å². The van der Waals surface area contributed by atoms with Crippen LogP contribution in [0.15, 0.2) is 18.2 Å². The van der Waals surface area contributed by atoms with Crippen LogP contribution in [-0.4, -0.2) is 50.8 Å². The van der Waals surface area contributed by atoms with Gasteiger partial charge in [0.25, 0.3) is 0 Å². The summed E-state index contributed by atoms with van der Waals surface area (Å²) >= 11 is 0. The number of rotatable bonds is 5. The first kappa shape index (κ1) is 16.1. The van der Waals surface area contributed by atoms with E-state index in [4.69, 9.17) is 9.47 Å². The second kappa shape index (κ2) is 6.37. The Bertz CT molecular complexity index is 704. The molecule has 23 heavy (non-hydrogen) atoms. The third kappa shape index (κ3) is 3.59. The number of nitrogens with one attached hydrogen (secondary N) is 1. The van der Waals surface area contributed by atoms with Crippen LogP contribution in [0.5, 0.6) is 11.5 Å². The first-order valence-corrected chi connectivity index (χ1v) is 9.43. The lowest BCUT2D eigenvalue weighted by molar-refractivity contribution is -0.124. The van der Waals surface area contributed by atoms with E-state index in [9.17, 15) is 13.2 Å². The van der Waals surface area contributed by atoms with Crippen molar-refractivity contribution in [1.29, 1.82) is 0 Å². The number of amides is 1. The van der Waals surface area contributed by atoms with Gasteiger partial charge >= 0.3 is 0 Å². The Kier molecular flexibility index (Phi) is 4.45. The summed E-state index contributed by atoms with van der Waals surface area (Å²) in [6.07, 6.45) is 3.08. The molecule has 0 aromatic heterocycles. The maximum Gasteiger partial charge on any atom is 0.238 e. The van der Waals surface area contributed by atoms with Gasteiger partial charge in [0.05, 0.1) is 6.26 Å². The maximum atomic E-state index is 12.2. The number of benzene rings is 1. The second-order valence-electron chi connectivity index (χ2n) is 5.76. The molecule has 1 fully saturated rings. The Balaban J connectivity index is 1.53. The number of sulfonamides is 1. The smallest absolute Gasteiger partial charge is 0.238 e. The zero-order valence-electron chi connectivity index (χ0n) is 12.9. The van der Waals surface area contributed by atoms with E-state index in [1.807, 2.05) is 18.2 Å². The minimum absolute atomic E-state index is 0.228. The molecule has 126 valence electrons. The van der Waals surface area contributed by atoms with Crippen molar-refractivity contribution in [2.75, 3.05) is 26.1 Å². The van der Waals surface area contributed by atoms with E-state index in [0.29, 0.717) is 38.1 Å². The third-order valence-corrected chi connectivity index (χ3v) is 5.37. The summed E-state index contributed by atoms with van der Waals surface area (Å²) in [5.74, 6) is 1.22. The van der Waals surface area contributed by atoms with Crippen LogP contribution in [-0.2, 0) is 21.2 Å². The zero-order chi connectivity index (χ0) is 16.4. The van der Waals surface area contributed by atoms with Gasteiger partial charge in [-0.1, -0.05) is 6.07 Å². The molecule has 7 nitrogen and oxygen atoms in total. The topological polar surface area (TPSA) is 84.9 Å². The van der Waals surface area contributed by atoms with E-state index >= 15 is 0 Å². The number of hydrogen-bond donors (Lipinski definition) is 1. The van der Waals surface area contributed by atoms with Gasteiger partial charge in [0.2, 0.25) is 22.7 Å². The zero-order valence-corrected chi connectivity index (χ0v) is 13.8. The molecular weight excluding hydrogens is 320 g/mol. The molecule has 1 N–H and O–H groups in total. The highest BCUT2D eigenvalue weighted by Crippen LogP contribution is 2.32. The molecule has 0 saturated carbocycles. The molecule has 2 heterocycles. The Labute approximate surface area is 135 Å². The van der Waals surface area contributed by atoms with Gasteiger partial charge in [0, 0.05) is 13.1 Å². The van der Waals surface area contributed by atoms with E-state index < -0.39 is 16.1 Å². The highest BCUT2D eigenvalue weighted by molar-refractivity contribution is 7.88. The fourth-order valence-electron chi connectivity index (χ4n) is 2.94. The molecule has 1 aromatic carbocycles. The Morgan fingerprint density at radius 2 is 2.13 bits per heavy atom. The van der Waals surface area contributed by atoms with Gasteiger partial charge in [-0.3, -0.25) is 4.79 Å². The summed E-state index contributed by atoms with van der Waals surface area (Å²) in [6, 6.07) is 5.09. The quantitative estimate of drug-likeness (QED) is 0.844. The summed E-state index contributed by atoms with van der Waals surface area (Å²) in [7, 11) is -3.34. The van der Waals surface area contributed by atoms with Gasteiger partial charge < -0.3 is 14.8 Å². The van der Waals surface area contributed by atoms with Crippen molar-refractivity contribution in [3.05, 3.63) is 23.8 Å². The average molecular weight is 340 g/mol. The minimum Gasteiger partial charge on any atom is -0.454 e. The monoisotopic (exact) mass is 340 g/mol. The maximum absolute atomic E-state index is 12.2. The molecule has 1 atom stereocenters. The Hall–Kier alpha value is -1.80. The van der Waals surface area contributed by atoms with Gasteiger partial charge in [0.1, 0.15) is 6.04 Å². The normalized spacial score (nSPS) is 20.7. The van der Waals surface area contributed by atoms with Gasteiger partial charge in [-0.2, -0.15) is 4.31 Å². The molecule has 0 spiro atoms. The van der Waals surface area contributed by atoms with E-state index in [1.165, 1.54) is 4.31 Å². The highest BCUT2D eigenvalue weighted by atomic mass is 32.2. The number of fused-ring (bicyclic) bond motifs is 1. The number of hydrogen-bond acceptors (Lipinski definition) is 5. The van der Waals surface area contributed by atoms with E-state index in [0.717, 1.165) is 17.6 Å². The molecular formula is C15H20N2O5S. The van der Waals surface area contributed by atoms with Gasteiger partial charge in [0.15, 0.2) is 11.5 Å². The number of carbonyl (C=O) groups excluding carboxylic acids is 1. The molecule has 0 radical (unpaired) electrons. The predicted molar refractivity (Wildman–Crippen MR) is 83.9 cm³/mol. The van der Waals surface area contributed by atoms with Crippen LogP contribution in [0.25, 0.3) is 0 Å². The van der Waals surface area contributed by atoms with Gasteiger partial charge in [-0.25, -0.2) is 8.42 Å². The number of carbonyl (C=O) groups is 1. The Morgan fingerprint density at radius 1 is 1.35 bits per heavy atom. The molecule has 0 unspecified atom stereocenters. The van der Waals surface area contributed by atoms with Gasteiger partial charge in [-0.15, -0.1) is 0 Å². The standard InChI is InChI=1S/C15H20N2O5S/c1-23(19,20)17-8-2-3-12(17)15(18)16-7-6-11-4-5-13-14(9-11)22-10-21-13/h4-5,9,12H,2-3,6-8,10H2,1H3,(H,16,18)/t12-/m1/s1. The van der Waals surface area contributed by atoms with Crippen molar-refractivity contribution in [3.8, 4) is 11.5 Å². The number of nitrogens with zero attached hydrogens (tertiary/aromatic N) is 1. The lowest BCUT2D eigenvalue weighted by Gasteiger charge is -2.21. The van der Waals surface area contributed by atoms with Crippen molar-refractivity contribution < 1.29 is 22.7 Å². The number of ether oxygens (including phenoxy) is 2. The summed E-state index contributed by atoms with van der Waals surface area (Å²) in [5.41, 5.74) is 1.03. The highest BCUT2D eigenvalue weighted by Gasteiger charge is 2.36. The van der Waals surface area contributed by atoms with Crippen LogP contribution >= 0.6 is 0 Å². The van der Waals surface area contributed by atoms with E-state index in [1.54, 1.807) is 0 Å². The molecule has 0 aliphatic carbocycles. The summed E-state index contributed by atoms with van der Waals surface area (Å²) < 4.78 is 35.2. The Morgan fingerprint density at radius 3 is 2.91 bits per heavy atom. The first-order valence-electron chi connectivity index (χ1n) is 7.58. The third-order valence-electron chi connectivity index (χ3n) is 4.08. The summed E-state index contributed by atoms with van der Waals surface area (Å²) in [5, 5.41) is 2.83. The molecule has 3 rings (SSSR count). The van der Waals surface area contributed by atoms with Crippen LogP contribution in [0.4, 0.5) is 0 Å². The minimum atomic E-state index is -3.34. The average Bonchev–Trinajstić information content (AvgIpc) is 3.15. The summed E-state index contributed by atoms with van der Waals surface area (Å²) in [6.45, 7) is 1.10. The van der Waals surface area contributed by atoms with Crippen molar-refractivity contribution in [1.82, 2.24) is 9.62 Å². The molecule has 2 aliphatic rings. The SMILES string of the molecule is CS(=O)(=O)N1CCC[C@@H]1C(=O)NCCc1ccc2c(c1)OCO2. The fourth-order valence-corrected chi connectivity index (χ4v) is 4.07. The van der Waals surface area contributed by atoms with Crippen molar-refractivity contribution in [2.45, 2.75) is 25.3 Å². The van der Waals surface area contributed by atoms with Gasteiger partial charge in [-0.05, 0) is 37.0 Å². The van der Waals surface area contributed by atoms with E-state index in [2.05, 4.69) is 5.32 Å². The van der Waals surface area contributed by atoms with Crippen LogP contribution in [0.3, 0.4) is 0 Å². The predicted octanol–water partition coefficient (Wildman–Crippen LogP) is 0.498. The van der Waals surface area contributed by atoms with Crippen LogP contribution < -0.4 is 14.8 Å².